The average Bonchev–Trinajstić information content (AvgIpc) is 2.28. The molecule has 6 heteroatoms. The molecule has 6 nitrogen and oxygen atoms in total. The lowest BCUT2D eigenvalue weighted by Crippen LogP contribution is -2.47. The summed E-state index contributed by atoms with van der Waals surface area (Å²) in [6.07, 6.45) is 0.788. The van der Waals surface area contributed by atoms with Gasteiger partial charge < -0.3 is 19.9 Å². The number of aliphatic hydroxyl groups excluding tert-OH is 1. The van der Waals surface area contributed by atoms with E-state index in [2.05, 4.69) is 10.1 Å². The molecule has 1 amide bonds. The van der Waals surface area contributed by atoms with Crippen molar-refractivity contribution in [2.75, 3.05) is 7.11 Å². The van der Waals surface area contributed by atoms with Gasteiger partial charge in [0.15, 0.2) is 0 Å². The van der Waals surface area contributed by atoms with E-state index in [0.717, 1.165) is 0 Å². The van der Waals surface area contributed by atoms with E-state index in [0.29, 0.717) is 12.0 Å². The van der Waals surface area contributed by atoms with Gasteiger partial charge >= 0.3 is 12.1 Å². The van der Waals surface area contributed by atoms with Crippen LogP contribution in [-0.4, -0.2) is 42.0 Å². The molecule has 0 aliphatic heterocycles. The normalized spacial score (nSPS) is 23.3. The molecule has 1 aliphatic rings. The van der Waals surface area contributed by atoms with Crippen LogP contribution in [-0.2, 0) is 14.3 Å². The van der Waals surface area contributed by atoms with Gasteiger partial charge in [-0.2, -0.15) is 0 Å². The number of rotatable bonds is 2. The highest BCUT2D eigenvalue weighted by Crippen LogP contribution is 2.20. The minimum absolute atomic E-state index is 0.160. The Kier molecular flexibility index (Phi) is 4.94. The first-order valence-electron chi connectivity index (χ1n) is 6.18. The van der Waals surface area contributed by atoms with Gasteiger partial charge in [-0.3, -0.25) is 0 Å². The van der Waals surface area contributed by atoms with E-state index >= 15 is 0 Å². The van der Waals surface area contributed by atoms with Crippen molar-refractivity contribution in [2.45, 2.75) is 51.4 Å². The smallest absolute Gasteiger partial charge is 0.407 e. The van der Waals surface area contributed by atoms with Gasteiger partial charge in [0.25, 0.3) is 0 Å². The fourth-order valence-corrected chi connectivity index (χ4v) is 1.79. The number of alkyl carbamates (subject to hydrolysis) is 1. The second-order valence-electron chi connectivity index (χ2n) is 5.48. The number of ether oxygens (including phenoxy) is 2. The van der Waals surface area contributed by atoms with Crippen LogP contribution in [0.5, 0.6) is 0 Å². The molecule has 0 fully saturated rings. The Bertz CT molecular complexity index is 383. The van der Waals surface area contributed by atoms with E-state index in [1.807, 2.05) is 0 Å². The summed E-state index contributed by atoms with van der Waals surface area (Å²) in [4.78, 5) is 22.9. The lowest BCUT2D eigenvalue weighted by atomic mass is 9.92. The molecule has 0 bridgehead atoms. The standard InChI is InChI=1S/C13H21NO5/c1-13(2,3)19-12(17)14-9-6-5-8(7-10(9)15)11(16)18-4/h5,9-10,15H,6-7H2,1-4H3,(H,14,17)/t9-,10?/m0/s1. The average molecular weight is 271 g/mol. The summed E-state index contributed by atoms with van der Waals surface area (Å²) in [5, 5.41) is 12.5. The van der Waals surface area contributed by atoms with Gasteiger partial charge in [0.05, 0.1) is 19.3 Å². The van der Waals surface area contributed by atoms with Crippen LogP contribution < -0.4 is 5.32 Å². The van der Waals surface area contributed by atoms with Gasteiger partial charge in [0, 0.05) is 12.0 Å². The second-order valence-corrected chi connectivity index (χ2v) is 5.48. The Morgan fingerprint density at radius 2 is 2.05 bits per heavy atom. The van der Waals surface area contributed by atoms with Crippen LogP contribution in [0.2, 0.25) is 0 Å². The highest BCUT2D eigenvalue weighted by atomic mass is 16.6. The molecule has 0 saturated carbocycles. The Morgan fingerprint density at radius 1 is 1.42 bits per heavy atom. The molecule has 1 rings (SSSR count). The molecular weight excluding hydrogens is 250 g/mol. The van der Waals surface area contributed by atoms with Crippen LogP contribution in [0.4, 0.5) is 4.79 Å². The molecule has 0 aromatic rings. The number of methoxy groups -OCH3 is 1. The lowest BCUT2D eigenvalue weighted by molar-refractivity contribution is -0.136. The van der Waals surface area contributed by atoms with E-state index < -0.39 is 29.8 Å². The van der Waals surface area contributed by atoms with Gasteiger partial charge in [-0.25, -0.2) is 9.59 Å². The van der Waals surface area contributed by atoms with Crippen molar-refractivity contribution in [3.8, 4) is 0 Å². The van der Waals surface area contributed by atoms with Gasteiger partial charge in [0.1, 0.15) is 5.60 Å². The topological polar surface area (TPSA) is 84.9 Å². The first-order valence-corrected chi connectivity index (χ1v) is 6.18. The van der Waals surface area contributed by atoms with Crippen LogP contribution in [0, 0.1) is 0 Å². The highest BCUT2D eigenvalue weighted by Gasteiger charge is 2.29. The quantitative estimate of drug-likeness (QED) is 0.735. The first kappa shape index (κ1) is 15.5. The van der Waals surface area contributed by atoms with Crippen molar-refractivity contribution in [2.24, 2.45) is 0 Å². The number of carbonyl (C=O) groups excluding carboxylic acids is 2. The van der Waals surface area contributed by atoms with Crippen molar-refractivity contribution in [1.29, 1.82) is 0 Å². The van der Waals surface area contributed by atoms with Gasteiger partial charge in [-0.15, -0.1) is 0 Å². The van der Waals surface area contributed by atoms with E-state index in [1.165, 1.54) is 7.11 Å². The number of nitrogens with one attached hydrogen (secondary N) is 1. The maximum atomic E-state index is 11.6. The molecule has 0 aromatic carbocycles. The van der Waals surface area contributed by atoms with E-state index in [9.17, 15) is 14.7 Å². The molecule has 19 heavy (non-hydrogen) atoms. The molecule has 0 radical (unpaired) electrons. The zero-order valence-electron chi connectivity index (χ0n) is 11.7. The highest BCUT2D eigenvalue weighted by molar-refractivity contribution is 5.88. The monoisotopic (exact) mass is 271 g/mol. The van der Waals surface area contributed by atoms with Crippen molar-refractivity contribution in [3.63, 3.8) is 0 Å². The SMILES string of the molecule is COC(=O)C1=CC[C@H](NC(=O)OC(C)(C)C)C(O)C1. The summed E-state index contributed by atoms with van der Waals surface area (Å²) in [5.74, 6) is -0.449. The predicted octanol–water partition coefficient (Wildman–Crippen LogP) is 1.13. The lowest BCUT2D eigenvalue weighted by Gasteiger charge is -2.29. The van der Waals surface area contributed by atoms with E-state index in [-0.39, 0.29) is 6.42 Å². The number of aliphatic hydroxyl groups is 1. The summed E-state index contributed by atoms with van der Waals surface area (Å²) in [6, 6.07) is -0.455. The molecule has 0 heterocycles. The van der Waals surface area contributed by atoms with Crippen molar-refractivity contribution < 1.29 is 24.2 Å². The van der Waals surface area contributed by atoms with Crippen LogP contribution >= 0.6 is 0 Å². The molecule has 0 saturated heterocycles. The molecule has 0 spiro atoms. The Labute approximate surface area is 112 Å². The van der Waals surface area contributed by atoms with Crippen molar-refractivity contribution >= 4 is 12.1 Å². The minimum atomic E-state index is -0.827. The molecule has 1 unspecified atom stereocenters. The van der Waals surface area contributed by atoms with Crippen molar-refractivity contribution in [1.82, 2.24) is 5.32 Å². The largest absolute Gasteiger partial charge is 0.466 e. The van der Waals surface area contributed by atoms with E-state index in [1.54, 1.807) is 26.8 Å². The zero-order valence-corrected chi connectivity index (χ0v) is 11.7. The summed E-state index contributed by atoms with van der Waals surface area (Å²) >= 11 is 0. The molecule has 2 N–H and O–H groups in total. The summed E-state index contributed by atoms with van der Waals surface area (Å²) in [6.45, 7) is 5.29. The van der Waals surface area contributed by atoms with Crippen LogP contribution in [0.15, 0.2) is 11.6 Å². The third-order valence-electron chi connectivity index (χ3n) is 2.66. The predicted molar refractivity (Wildman–Crippen MR) is 68.5 cm³/mol. The zero-order chi connectivity index (χ0) is 14.6. The summed E-state index contributed by atoms with van der Waals surface area (Å²) in [5.41, 5.74) is -0.159. The second kappa shape index (κ2) is 6.06. The summed E-state index contributed by atoms with van der Waals surface area (Å²) < 4.78 is 9.70. The number of carbonyl (C=O) groups is 2. The third-order valence-corrected chi connectivity index (χ3v) is 2.66. The van der Waals surface area contributed by atoms with Crippen LogP contribution in [0.1, 0.15) is 33.6 Å². The minimum Gasteiger partial charge on any atom is -0.466 e. The maximum Gasteiger partial charge on any atom is 0.407 e. The number of esters is 1. The molecule has 0 aromatic heterocycles. The van der Waals surface area contributed by atoms with Crippen LogP contribution in [0.25, 0.3) is 0 Å². The Balaban J connectivity index is 2.56. The summed E-state index contributed by atoms with van der Waals surface area (Å²) in [7, 11) is 1.29. The maximum absolute atomic E-state index is 11.6. The van der Waals surface area contributed by atoms with Crippen molar-refractivity contribution in [3.05, 3.63) is 11.6 Å². The van der Waals surface area contributed by atoms with Crippen LogP contribution in [0.3, 0.4) is 0 Å². The van der Waals surface area contributed by atoms with Gasteiger partial charge in [-0.1, -0.05) is 6.08 Å². The third kappa shape index (κ3) is 4.90. The molecule has 108 valence electrons. The Morgan fingerprint density at radius 3 is 2.53 bits per heavy atom. The van der Waals surface area contributed by atoms with Gasteiger partial charge in [0.2, 0.25) is 0 Å². The molecule has 1 aliphatic carbocycles. The molecular formula is C13H21NO5. The Hall–Kier alpha value is -1.56. The number of hydrogen-bond acceptors (Lipinski definition) is 5. The molecule has 2 atom stereocenters. The van der Waals surface area contributed by atoms with Gasteiger partial charge in [-0.05, 0) is 27.2 Å². The fourth-order valence-electron chi connectivity index (χ4n) is 1.79. The number of hydrogen-bond donors (Lipinski definition) is 2. The van der Waals surface area contributed by atoms with E-state index in [4.69, 9.17) is 4.74 Å². The number of amides is 1. The fraction of sp³-hybridized carbons (Fsp3) is 0.692. The first-order chi connectivity index (χ1) is 8.73.